The first-order valence-corrected chi connectivity index (χ1v) is 4.02. The van der Waals surface area contributed by atoms with Crippen LogP contribution in [0.15, 0.2) is 0 Å². The summed E-state index contributed by atoms with van der Waals surface area (Å²) >= 11 is 0. The van der Waals surface area contributed by atoms with Gasteiger partial charge in [0.25, 0.3) is 0 Å². The number of rotatable bonds is 4. The first kappa shape index (κ1) is 11.4. The molecule has 0 aliphatic heterocycles. The lowest BCUT2D eigenvalue weighted by molar-refractivity contribution is -0.123. The van der Waals surface area contributed by atoms with Crippen molar-refractivity contribution in [1.29, 1.82) is 0 Å². The third-order valence-corrected chi connectivity index (χ3v) is 2.16. The number of hydrogen-bond donors (Lipinski definition) is 2. The van der Waals surface area contributed by atoms with Gasteiger partial charge in [0, 0.05) is 6.04 Å². The van der Waals surface area contributed by atoms with E-state index in [4.69, 9.17) is 11.5 Å². The number of amides is 1. The molecule has 0 saturated carbocycles. The molecule has 0 heterocycles. The summed E-state index contributed by atoms with van der Waals surface area (Å²) in [5, 5.41) is 0. The van der Waals surface area contributed by atoms with Gasteiger partial charge >= 0.3 is 0 Å². The summed E-state index contributed by atoms with van der Waals surface area (Å²) in [6.45, 7) is 3.67. The van der Waals surface area contributed by atoms with Crippen molar-refractivity contribution in [2.75, 3.05) is 14.1 Å². The molecule has 0 bridgehead atoms. The summed E-state index contributed by atoms with van der Waals surface area (Å²) < 4.78 is 0. The van der Waals surface area contributed by atoms with E-state index in [0.29, 0.717) is 6.42 Å². The average Bonchev–Trinajstić information content (AvgIpc) is 1.85. The van der Waals surface area contributed by atoms with Crippen LogP contribution in [0.1, 0.15) is 20.3 Å². The molecule has 0 aliphatic rings. The Bertz CT molecular complexity index is 166. The number of nitrogens with zero attached hydrogens (tertiary/aromatic N) is 1. The summed E-state index contributed by atoms with van der Waals surface area (Å²) in [5.41, 5.74) is 9.93. The zero-order valence-corrected chi connectivity index (χ0v) is 8.29. The van der Waals surface area contributed by atoms with E-state index in [2.05, 4.69) is 0 Å². The Labute approximate surface area is 73.9 Å². The van der Waals surface area contributed by atoms with Crippen molar-refractivity contribution in [3.63, 3.8) is 0 Å². The van der Waals surface area contributed by atoms with Gasteiger partial charge in [-0.2, -0.15) is 0 Å². The fourth-order valence-corrected chi connectivity index (χ4v) is 0.897. The second-order valence-electron chi connectivity index (χ2n) is 3.80. The molecule has 1 amide bonds. The molecule has 0 radical (unpaired) electrons. The minimum absolute atomic E-state index is 0.257. The van der Waals surface area contributed by atoms with Gasteiger partial charge in [0.05, 0.1) is 5.54 Å². The molecule has 0 aromatic rings. The van der Waals surface area contributed by atoms with Crippen LogP contribution in [0.3, 0.4) is 0 Å². The van der Waals surface area contributed by atoms with Crippen molar-refractivity contribution in [2.45, 2.75) is 31.8 Å². The Morgan fingerprint density at radius 3 is 2.25 bits per heavy atom. The van der Waals surface area contributed by atoms with Crippen LogP contribution in [0.2, 0.25) is 0 Å². The van der Waals surface area contributed by atoms with Crippen LogP contribution in [0.5, 0.6) is 0 Å². The number of nitrogens with two attached hydrogens (primary N) is 2. The third kappa shape index (κ3) is 3.19. The van der Waals surface area contributed by atoms with Gasteiger partial charge in [-0.05, 0) is 34.4 Å². The van der Waals surface area contributed by atoms with E-state index in [0.717, 1.165) is 0 Å². The number of primary amides is 1. The third-order valence-electron chi connectivity index (χ3n) is 2.16. The molecule has 12 heavy (non-hydrogen) atoms. The van der Waals surface area contributed by atoms with Crippen LogP contribution >= 0.6 is 0 Å². The molecule has 0 rings (SSSR count). The Morgan fingerprint density at radius 2 is 2.00 bits per heavy atom. The van der Waals surface area contributed by atoms with Crippen molar-refractivity contribution in [3.05, 3.63) is 0 Å². The van der Waals surface area contributed by atoms with Crippen molar-refractivity contribution in [2.24, 2.45) is 11.5 Å². The van der Waals surface area contributed by atoms with E-state index in [1.165, 1.54) is 0 Å². The van der Waals surface area contributed by atoms with Gasteiger partial charge in [-0.3, -0.25) is 4.79 Å². The van der Waals surface area contributed by atoms with E-state index >= 15 is 0 Å². The van der Waals surface area contributed by atoms with Crippen molar-refractivity contribution < 1.29 is 4.79 Å². The fourth-order valence-electron chi connectivity index (χ4n) is 0.897. The second-order valence-corrected chi connectivity index (χ2v) is 3.80. The number of hydrogen-bond acceptors (Lipinski definition) is 3. The smallest absolute Gasteiger partial charge is 0.237 e. The van der Waals surface area contributed by atoms with Gasteiger partial charge in [-0.25, -0.2) is 0 Å². The number of carbonyl (C=O) groups excluding carboxylic acids is 1. The average molecular weight is 173 g/mol. The summed E-state index contributed by atoms with van der Waals surface area (Å²) in [5.74, 6) is -0.448. The monoisotopic (exact) mass is 173 g/mol. The molecule has 4 nitrogen and oxygen atoms in total. The molecule has 4 N–H and O–H groups in total. The highest BCUT2D eigenvalue weighted by Crippen LogP contribution is 2.10. The summed E-state index contributed by atoms with van der Waals surface area (Å²) in [6, 6.07) is 0.257. The largest absolute Gasteiger partial charge is 0.368 e. The minimum atomic E-state index is -0.899. The van der Waals surface area contributed by atoms with E-state index < -0.39 is 11.4 Å². The van der Waals surface area contributed by atoms with Gasteiger partial charge < -0.3 is 16.4 Å². The first-order chi connectivity index (χ1) is 5.27. The lowest BCUT2D eigenvalue weighted by atomic mass is 9.94. The Hall–Kier alpha value is -0.610. The van der Waals surface area contributed by atoms with Crippen molar-refractivity contribution >= 4 is 5.91 Å². The second kappa shape index (κ2) is 3.87. The SMILES string of the molecule is CC(CC(C)(N)C(N)=O)N(C)C. The van der Waals surface area contributed by atoms with Gasteiger partial charge in [0.2, 0.25) is 5.91 Å². The predicted molar refractivity (Wildman–Crippen MR) is 49.6 cm³/mol. The first-order valence-electron chi connectivity index (χ1n) is 4.02. The zero-order chi connectivity index (χ0) is 9.94. The highest BCUT2D eigenvalue weighted by Gasteiger charge is 2.28. The van der Waals surface area contributed by atoms with Crippen LogP contribution in [0.4, 0.5) is 0 Å². The molecule has 0 aliphatic carbocycles. The molecule has 72 valence electrons. The predicted octanol–water partition coefficient (Wildman–Crippen LogP) is -0.471. The lowest BCUT2D eigenvalue weighted by Gasteiger charge is -2.28. The standard InChI is InChI=1S/C8H19N3O/c1-6(11(3)4)5-8(2,10)7(9)12/h6H,5,10H2,1-4H3,(H2,9,12). The summed E-state index contributed by atoms with van der Waals surface area (Å²) in [6.07, 6.45) is 0.579. The normalized spacial score (nSPS) is 18.8. The van der Waals surface area contributed by atoms with Gasteiger partial charge in [-0.15, -0.1) is 0 Å². The molecule has 2 unspecified atom stereocenters. The minimum Gasteiger partial charge on any atom is -0.368 e. The highest BCUT2D eigenvalue weighted by atomic mass is 16.1. The highest BCUT2D eigenvalue weighted by molar-refractivity contribution is 5.83. The number of carbonyl (C=O) groups is 1. The van der Waals surface area contributed by atoms with E-state index in [-0.39, 0.29) is 6.04 Å². The Morgan fingerprint density at radius 1 is 1.58 bits per heavy atom. The molecule has 0 aromatic carbocycles. The van der Waals surface area contributed by atoms with Crippen LogP contribution in [0, 0.1) is 0 Å². The Balaban J connectivity index is 4.15. The molecule has 0 saturated heterocycles. The summed E-state index contributed by atoms with van der Waals surface area (Å²) in [7, 11) is 3.89. The lowest BCUT2D eigenvalue weighted by Crippen LogP contribution is -2.52. The molecule has 0 aromatic heterocycles. The fraction of sp³-hybridized carbons (Fsp3) is 0.875. The molecule has 2 atom stereocenters. The van der Waals surface area contributed by atoms with Gasteiger partial charge in [0.1, 0.15) is 0 Å². The van der Waals surface area contributed by atoms with Crippen molar-refractivity contribution in [3.8, 4) is 0 Å². The molecule has 4 heteroatoms. The van der Waals surface area contributed by atoms with Gasteiger partial charge in [0.15, 0.2) is 0 Å². The topological polar surface area (TPSA) is 72.3 Å². The molecular weight excluding hydrogens is 154 g/mol. The van der Waals surface area contributed by atoms with Gasteiger partial charge in [-0.1, -0.05) is 0 Å². The van der Waals surface area contributed by atoms with E-state index in [9.17, 15) is 4.79 Å². The van der Waals surface area contributed by atoms with Crippen LogP contribution in [0.25, 0.3) is 0 Å². The quantitative estimate of drug-likeness (QED) is 0.603. The maximum Gasteiger partial charge on any atom is 0.237 e. The molecular formula is C8H19N3O. The van der Waals surface area contributed by atoms with Crippen LogP contribution in [-0.4, -0.2) is 36.5 Å². The van der Waals surface area contributed by atoms with E-state index in [1.54, 1.807) is 6.92 Å². The maximum atomic E-state index is 10.9. The van der Waals surface area contributed by atoms with Crippen LogP contribution < -0.4 is 11.5 Å². The van der Waals surface area contributed by atoms with Crippen molar-refractivity contribution in [1.82, 2.24) is 4.90 Å². The maximum absolute atomic E-state index is 10.9. The summed E-state index contributed by atoms with van der Waals surface area (Å²) in [4.78, 5) is 12.9. The zero-order valence-electron chi connectivity index (χ0n) is 8.29. The molecule has 0 fully saturated rings. The Kier molecular flexibility index (Phi) is 3.67. The van der Waals surface area contributed by atoms with Crippen LogP contribution in [-0.2, 0) is 4.79 Å². The van der Waals surface area contributed by atoms with E-state index in [1.807, 2.05) is 25.9 Å². The molecule has 0 spiro atoms.